The molecule has 2 aromatic heterocycles. The predicted molar refractivity (Wildman–Crippen MR) is 120 cm³/mol. The molecule has 0 aliphatic carbocycles. The first-order chi connectivity index (χ1) is 15.1. The van der Waals surface area contributed by atoms with Gasteiger partial charge in [-0.1, -0.05) is 18.2 Å². The lowest BCUT2D eigenvalue weighted by molar-refractivity contribution is -0.115. The first-order valence-corrected chi connectivity index (χ1v) is 10.2. The highest BCUT2D eigenvalue weighted by molar-refractivity contribution is 7.20. The third-order valence-electron chi connectivity index (χ3n) is 4.59. The van der Waals surface area contributed by atoms with E-state index in [1.54, 1.807) is 44.6 Å². The number of aromatic amines is 1. The minimum absolute atomic E-state index is 0.190. The Kier molecular flexibility index (Phi) is 5.85. The summed E-state index contributed by atoms with van der Waals surface area (Å²) in [5.74, 6) is 1.40. The smallest absolute Gasteiger partial charge is 0.265 e. The van der Waals surface area contributed by atoms with Crippen molar-refractivity contribution < 1.29 is 19.1 Å². The molecule has 9 heteroatoms. The minimum Gasteiger partial charge on any atom is -0.497 e. The molecule has 0 atom stereocenters. The van der Waals surface area contributed by atoms with Crippen LogP contribution in [0.4, 0.5) is 11.5 Å². The van der Waals surface area contributed by atoms with E-state index in [1.165, 1.54) is 11.3 Å². The van der Waals surface area contributed by atoms with Crippen LogP contribution < -0.4 is 20.1 Å². The molecular weight excluding hydrogens is 416 g/mol. The van der Waals surface area contributed by atoms with Crippen LogP contribution in [-0.2, 0) is 11.2 Å². The molecule has 0 aliphatic rings. The van der Waals surface area contributed by atoms with Gasteiger partial charge in [-0.05, 0) is 35.9 Å². The van der Waals surface area contributed by atoms with Crippen LogP contribution in [0.3, 0.4) is 0 Å². The maximum Gasteiger partial charge on any atom is 0.265 e. The number of hydrogen-bond donors (Lipinski definition) is 3. The lowest BCUT2D eigenvalue weighted by atomic mass is 10.1. The first kappa shape index (κ1) is 20.4. The van der Waals surface area contributed by atoms with Gasteiger partial charge in [0, 0.05) is 11.8 Å². The van der Waals surface area contributed by atoms with Gasteiger partial charge in [-0.25, -0.2) is 0 Å². The highest BCUT2D eigenvalue weighted by atomic mass is 32.1. The van der Waals surface area contributed by atoms with Gasteiger partial charge >= 0.3 is 0 Å². The summed E-state index contributed by atoms with van der Waals surface area (Å²) in [5.41, 5.74) is 1.49. The largest absolute Gasteiger partial charge is 0.497 e. The number of nitrogens with one attached hydrogen (secondary N) is 3. The number of methoxy groups -OCH3 is 2. The van der Waals surface area contributed by atoms with Crippen molar-refractivity contribution in [3.63, 3.8) is 0 Å². The van der Waals surface area contributed by atoms with E-state index in [1.807, 2.05) is 24.3 Å². The second-order valence-corrected chi connectivity index (χ2v) is 7.72. The maximum absolute atomic E-state index is 12.6. The maximum atomic E-state index is 12.6. The fourth-order valence-electron chi connectivity index (χ4n) is 3.02. The zero-order valence-corrected chi connectivity index (χ0v) is 17.7. The Labute approximate surface area is 182 Å². The van der Waals surface area contributed by atoms with Crippen LogP contribution in [0.1, 0.15) is 15.2 Å². The second kappa shape index (κ2) is 8.88. The standard InChI is InChI=1S/C22H20N4O4S/c1-29-15-8-6-13(7-9-15)10-19(27)24-20-17-12-18(31-22(17)26-25-20)21(28)23-14-4-3-5-16(11-14)30-2/h3-9,11-12H,10H2,1-2H3,(H,23,28)(H2,24,25,26,27). The van der Waals surface area contributed by atoms with Crippen LogP contribution in [-0.4, -0.2) is 36.2 Å². The number of anilines is 2. The third-order valence-corrected chi connectivity index (χ3v) is 5.62. The van der Waals surface area contributed by atoms with Crippen LogP contribution in [0.15, 0.2) is 54.6 Å². The number of carbonyl (C=O) groups excluding carboxylic acids is 2. The Balaban J connectivity index is 1.45. The molecule has 0 unspecified atom stereocenters. The zero-order valence-electron chi connectivity index (χ0n) is 16.9. The van der Waals surface area contributed by atoms with Crippen molar-refractivity contribution in [2.45, 2.75) is 6.42 Å². The summed E-state index contributed by atoms with van der Waals surface area (Å²) in [6, 6.07) is 16.1. The molecule has 4 aromatic rings. The van der Waals surface area contributed by atoms with E-state index in [0.717, 1.165) is 11.3 Å². The van der Waals surface area contributed by atoms with E-state index in [-0.39, 0.29) is 18.2 Å². The Morgan fingerprint density at radius 2 is 1.77 bits per heavy atom. The lowest BCUT2D eigenvalue weighted by Crippen LogP contribution is -2.15. The summed E-state index contributed by atoms with van der Waals surface area (Å²) in [5, 5.41) is 13.4. The molecule has 8 nitrogen and oxygen atoms in total. The Morgan fingerprint density at radius 3 is 2.52 bits per heavy atom. The van der Waals surface area contributed by atoms with Gasteiger partial charge in [0.25, 0.3) is 5.91 Å². The van der Waals surface area contributed by atoms with Gasteiger partial charge < -0.3 is 20.1 Å². The van der Waals surface area contributed by atoms with E-state index in [0.29, 0.717) is 32.3 Å². The van der Waals surface area contributed by atoms with E-state index in [9.17, 15) is 9.59 Å². The molecule has 0 bridgehead atoms. The van der Waals surface area contributed by atoms with Gasteiger partial charge in [0.05, 0.1) is 30.9 Å². The topological polar surface area (TPSA) is 105 Å². The number of aromatic nitrogens is 2. The number of ether oxygens (including phenoxy) is 2. The molecule has 2 heterocycles. The molecule has 3 N–H and O–H groups in total. The van der Waals surface area contributed by atoms with E-state index >= 15 is 0 Å². The van der Waals surface area contributed by atoms with Crippen molar-refractivity contribution in [2.75, 3.05) is 24.9 Å². The second-order valence-electron chi connectivity index (χ2n) is 6.69. The van der Waals surface area contributed by atoms with Crippen molar-refractivity contribution in [1.82, 2.24) is 10.2 Å². The number of nitrogens with zero attached hydrogens (tertiary/aromatic N) is 1. The van der Waals surface area contributed by atoms with Crippen LogP contribution in [0, 0.1) is 0 Å². The molecule has 0 fully saturated rings. The average Bonchev–Trinajstić information content (AvgIpc) is 3.36. The molecular formula is C22H20N4O4S. The molecule has 0 aliphatic heterocycles. The molecule has 158 valence electrons. The van der Waals surface area contributed by atoms with Gasteiger partial charge in [0.15, 0.2) is 0 Å². The van der Waals surface area contributed by atoms with Crippen molar-refractivity contribution in [3.8, 4) is 11.5 Å². The molecule has 2 amide bonds. The highest BCUT2D eigenvalue weighted by Crippen LogP contribution is 2.30. The van der Waals surface area contributed by atoms with Crippen molar-refractivity contribution in [1.29, 1.82) is 0 Å². The van der Waals surface area contributed by atoms with Crippen LogP contribution in [0.2, 0.25) is 0 Å². The first-order valence-electron chi connectivity index (χ1n) is 9.42. The summed E-state index contributed by atoms with van der Waals surface area (Å²) in [7, 11) is 3.16. The Bertz CT molecular complexity index is 1230. The molecule has 0 saturated carbocycles. The van der Waals surface area contributed by atoms with Gasteiger partial charge in [0.2, 0.25) is 5.91 Å². The summed E-state index contributed by atoms with van der Waals surface area (Å²) in [4.78, 5) is 26.2. The number of rotatable bonds is 7. The predicted octanol–water partition coefficient (Wildman–Crippen LogP) is 4.08. The lowest BCUT2D eigenvalue weighted by Gasteiger charge is -2.06. The van der Waals surface area contributed by atoms with Gasteiger partial charge in [-0.3, -0.25) is 14.7 Å². The zero-order chi connectivity index (χ0) is 21.8. The van der Waals surface area contributed by atoms with Gasteiger partial charge in [-0.15, -0.1) is 11.3 Å². The highest BCUT2D eigenvalue weighted by Gasteiger charge is 2.17. The summed E-state index contributed by atoms with van der Waals surface area (Å²) < 4.78 is 10.3. The van der Waals surface area contributed by atoms with Crippen molar-refractivity contribution in [3.05, 3.63) is 65.0 Å². The molecule has 31 heavy (non-hydrogen) atoms. The van der Waals surface area contributed by atoms with E-state index < -0.39 is 0 Å². The fraction of sp³-hybridized carbons (Fsp3) is 0.136. The van der Waals surface area contributed by atoms with Gasteiger partial charge in [-0.2, -0.15) is 5.10 Å². The van der Waals surface area contributed by atoms with Crippen molar-refractivity contribution in [2.24, 2.45) is 0 Å². The third kappa shape index (κ3) is 4.67. The summed E-state index contributed by atoms with van der Waals surface area (Å²) in [6.45, 7) is 0. The molecule has 0 spiro atoms. The Morgan fingerprint density at radius 1 is 1.00 bits per heavy atom. The molecule has 4 rings (SSSR count). The average molecular weight is 436 g/mol. The molecule has 2 aromatic carbocycles. The van der Waals surface area contributed by atoms with Crippen LogP contribution in [0.25, 0.3) is 10.2 Å². The van der Waals surface area contributed by atoms with E-state index in [2.05, 4.69) is 20.8 Å². The number of carbonyl (C=O) groups is 2. The monoisotopic (exact) mass is 436 g/mol. The SMILES string of the molecule is COc1ccc(CC(=O)Nc2[nH]nc3sc(C(=O)Nc4cccc(OC)c4)cc23)cc1. The van der Waals surface area contributed by atoms with Crippen molar-refractivity contribution >= 4 is 44.9 Å². The minimum atomic E-state index is -0.258. The summed E-state index contributed by atoms with van der Waals surface area (Å²) in [6.07, 6.45) is 0.206. The van der Waals surface area contributed by atoms with E-state index in [4.69, 9.17) is 9.47 Å². The number of thiophene rings is 1. The number of H-pyrrole nitrogens is 1. The molecule has 0 radical (unpaired) electrons. The Hall–Kier alpha value is -3.85. The van der Waals surface area contributed by atoms with Crippen LogP contribution >= 0.6 is 11.3 Å². The number of amides is 2. The fourth-order valence-corrected chi connectivity index (χ4v) is 3.91. The van der Waals surface area contributed by atoms with Crippen LogP contribution in [0.5, 0.6) is 11.5 Å². The summed E-state index contributed by atoms with van der Waals surface area (Å²) >= 11 is 1.24. The molecule has 0 saturated heterocycles. The number of benzene rings is 2. The van der Waals surface area contributed by atoms with Gasteiger partial charge in [0.1, 0.15) is 22.1 Å². The normalized spacial score (nSPS) is 10.6. The number of fused-ring (bicyclic) bond motifs is 1. The number of hydrogen-bond acceptors (Lipinski definition) is 6. The quantitative estimate of drug-likeness (QED) is 0.405.